The third kappa shape index (κ3) is 3.63. The second-order valence-electron chi connectivity index (χ2n) is 7.16. The van der Waals surface area contributed by atoms with Crippen LogP contribution in [0.5, 0.6) is 0 Å². The molecule has 0 fully saturated rings. The van der Waals surface area contributed by atoms with Gasteiger partial charge >= 0.3 is 5.13 Å². The highest BCUT2D eigenvalue weighted by Crippen LogP contribution is 2.41. The first-order valence-corrected chi connectivity index (χ1v) is 11.3. The van der Waals surface area contributed by atoms with E-state index in [1.54, 1.807) is 11.3 Å². The molecule has 0 unspecified atom stereocenters. The molecule has 0 atom stereocenters. The van der Waals surface area contributed by atoms with Crippen molar-refractivity contribution in [2.24, 2.45) is 17.3 Å². The van der Waals surface area contributed by atoms with Gasteiger partial charge in [-0.05, 0) is 43.3 Å². The van der Waals surface area contributed by atoms with Crippen LogP contribution in [0.15, 0.2) is 71.0 Å². The summed E-state index contributed by atoms with van der Waals surface area (Å²) in [7, 11) is 2.03. The molecule has 0 saturated heterocycles. The Kier molecular flexibility index (Phi) is 5.95. The van der Waals surface area contributed by atoms with Crippen molar-refractivity contribution in [1.82, 2.24) is 4.57 Å². The van der Waals surface area contributed by atoms with E-state index >= 15 is 0 Å². The van der Waals surface area contributed by atoms with Gasteiger partial charge in [-0.1, -0.05) is 48.5 Å². The Balaban J connectivity index is 1.85. The van der Waals surface area contributed by atoms with Crippen LogP contribution >= 0.6 is 11.3 Å². The average Bonchev–Trinajstić information content (AvgIpc) is 3.31. The maximum Gasteiger partial charge on any atom is 0.410 e. The molecular weight excluding hydrogens is 390 g/mol. The van der Waals surface area contributed by atoms with E-state index in [-0.39, 0.29) is 0 Å². The smallest absolute Gasteiger partial charge is 0.361 e. The Labute approximate surface area is 181 Å². The van der Waals surface area contributed by atoms with Crippen LogP contribution in [-0.2, 0) is 13.6 Å². The highest BCUT2D eigenvalue weighted by atomic mass is 32.1. The Morgan fingerprint density at radius 1 is 0.933 bits per heavy atom. The first kappa shape index (κ1) is 20.3. The van der Waals surface area contributed by atoms with Gasteiger partial charge in [0.1, 0.15) is 16.9 Å². The number of fused-ring (bicyclic) bond motifs is 1. The molecule has 6 heteroatoms. The number of aromatic nitrogens is 2. The molecule has 0 amide bonds. The minimum absolute atomic E-state index is 0.874. The van der Waals surface area contributed by atoms with E-state index in [9.17, 15) is 0 Å². The zero-order valence-corrected chi connectivity index (χ0v) is 18.9. The molecule has 0 spiro atoms. The minimum atomic E-state index is 0.874. The highest BCUT2D eigenvalue weighted by Gasteiger charge is 2.21. The van der Waals surface area contributed by atoms with E-state index in [0.29, 0.717) is 0 Å². The van der Waals surface area contributed by atoms with Crippen molar-refractivity contribution in [3.63, 3.8) is 0 Å². The molecular formula is C24H28N5S+. The molecule has 2 heterocycles. The molecule has 30 heavy (non-hydrogen) atoms. The molecule has 4 rings (SSSR count). The number of hydrogen-bond acceptors (Lipinski definition) is 4. The van der Waals surface area contributed by atoms with Crippen LogP contribution in [0.1, 0.15) is 20.8 Å². The topological polar surface area (TPSA) is 36.8 Å². The number of anilines is 1. The number of para-hydroxylation sites is 1. The molecule has 0 bridgehead atoms. The Bertz CT molecular complexity index is 1170. The van der Waals surface area contributed by atoms with Crippen LogP contribution in [0.2, 0.25) is 0 Å². The second-order valence-corrected chi connectivity index (χ2v) is 8.15. The summed E-state index contributed by atoms with van der Waals surface area (Å²) >= 11 is 1.68. The van der Waals surface area contributed by atoms with Crippen LogP contribution in [-0.4, -0.2) is 17.7 Å². The van der Waals surface area contributed by atoms with E-state index in [1.807, 2.05) is 13.1 Å². The van der Waals surface area contributed by atoms with E-state index in [0.717, 1.165) is 47.1 Å². The number of hydrogen-bond donors (Lipinski definition) is 0. The molecule has 154 valence electrons. The Morgan fingerprint density at radius 3 is 2.33 bits per heavy atom. The van der Waals surface area contributed by atoms with Crippen molar-refractivity contribution in [2.75, 3.05) is 18.0 Å². The van der Waals surface area contributed by atoms with E-state index in [1.165, 1.54) is 10.5 Å². The van der Waals surface area contributed by atoms with Gasteiger partial charge in [-0.25, -0.2) is 4.57 Å². The lowest BCUT2D eigenvalue weighted by Crippen LogP contribution is -2.26. The van der Waals surface area contributed by atoms with E-state index < -0.39 is 0 Å². The molecule has 0 saturated carbocycles. The fourth-order valence-corrected chi connectivity index (χ4v) is 4.94. The van der Waals surface area contributed by atoms with Gasteiger partial charge in [0.25, 0.3) is 0 Å². The first-order chi connectivity index (χ1) is 14.7. The van der Waals surface area contributed by atoms with Crippen molar-refractivity contribution in [3.8, 4) is 11.3 Å². The zero-order chi connectivity index (χ0) is 21.1. The average molecular weight is 419 g/mol. The van der Waals surface area contributed by atoms with E-state index in [2.05, 4.69) is 89.5 Å². The molecule has 0 N–H and O–H groups in total. The van der Waals surface area contributed by atoms with Crippen molar-refractivity contribution in [3.05, 3.63) is 60.8 Å². The van der Waals surface area contributed by atoms with Gasteiger partial charge in [-0.2, -0.15) is 0 Å². The van der Waals surface area contributed by atoms with Crippen LogP contribution in [0.25, 0.3) is 22.2 Å². The number of aryl methyl sites for hydroxylation is 2. The van der Waals surface area contributed by atoms with Crippen LogP contribution in [0, 0.1) is 0 Å². The van der Waals surface area contributed by atoms with Crippen molar-refractivity contribution in [1.29, 1.82) is 0 Å². The molecule has 0 aliphatic carbocycles. The Hall–Kier alpha value is -2.99. The summed E-state index contributed by atoms with van der Waals surface area (Å²) in [6.07, 6.45) is 2.14. The van der Waals surface area contributed by atoms with Gasteiger partial charge in [-0.3, -0.25) is 0 Å². The highest BCUT2D eigenvalue weighted by molar-refractivity contribution is 7.18. The summed E-state index contributed by atoms with van der Waals surface area (Å²) in [5.74, 6) is 0. The van der Waals surface area contributed by atoms with Gasteiger partial charge in [0.2, 0.25) is 0 Å². The normalized spacial score (nSPS) is 11.6. The Morgan fingerprint density at radius 2 is 1.63 bits per heavy atom. The summed E-state index contributed by atoms with van der Waals surface area (Å²) in [4.78, 5) is 2.34. The van der Waals surface area contributed by atoms with Crippen molar-refractivity contribution in [2.45, 2.75) is 27.3 Å². The maximum atomic E-state index is 4.81. The lowest BCUT2D eigenvalue weighted by molar-refractivity contribution is -0.653. The molecule has 0 radical (unpaired) electrons. The number of nitrogens with zero attached hydrogens (tertiary/aromatic N) is 5. The third-order valence-corrected chi connectivity index (χ3v) is 6.54. The second kappa shape index (κ2) is 8.79. The van der Waals surface area contributed by atoms with Gasteiger partial charge in [0.05, 0.1) is 23.4 Å². The minimum Gasteiger partial charge on any atom is -0.361 e. The van der Waals surface area contributed by atoms with Gasteiger partial charge < -0.3 is 9.47 Å². The standard InChI is InChI=1S/C24H28N5S/c1-5-28(6-2)21-17-27(4)24(30-21)26-25-22-19-15-11-12-16-20(19)29(7-3)23(22)18-13-9-8-10-14-18/h8-17H,5-7H2,1-4H3/q+1. The maximum absolute atomic E-state index is 4.81. The van der Waals surface area contributed by atoms with Crippen LogP contribution in [0.3, 0.4) is 0 Å². The van der Waals surface area contributed by atoms with E-state index in [4.69, 9.17) is 10.2 Å². The zero-order valence-electron chi connectivity index (χ0n) is 18.0. The van der Waals surface area contributed by atoms with Gasteiger partial charge in [-0.15, -0.1) is 0 Å². The molecule has 4 aromatic rings. The van der Waals surface area contributed by atoms with Crippen LogP contribution < -0.4 is 9.47 Å². The SMILES string of the molecule is CCN(CC)c1c[n+](C)c(N=Nc2c(-c3ccccc3)n(CC)c3ccccc23)s1. The predicted molar refractivity (Wildman–Crippen MR) is 126 cm³/mol. The summed E-state index contributed by atoms with van der Waals surface area (Å²) < 4.78 is 4.39. The summed E-state index contributed by atoms with van der Waals surface area (Å²) in [5.41, 5.74) is 4.39. The van der Waals surface area contributed by atoms with Gasteiger partial charge in [0.15, 0.2) is 0 Å². The predicted octanol–water partition coefficient (Wildman–Crippen LogP) is 6.48. The van der Waals surface area contributed by atoms with Gasteiger partial charge in [0, 0.05) is 30.6 Å². The largest absolute Gasteiger partial charge is 0.410 e. The van der Waals surface area contributed by atoms with Crippen LogP contribution in [0.4, 0.5) is 15.8 Å². The lowest BCUT2D eigenvalue weighted by atomic mass is 10.1. The number of rotatable bonds is 7. The number of thiazole rings is 1. The number of benzene rings is 2. The molecule has 2 aromatic heterocycles. The van der Waals surface area contributed by atoms with Crippen molar-refractivity contribution >= 4 is 38.1 Å². The quantitative estimate of drug-likeness (QED) is 0.250. The fourth-order valence-electron chi connectivity index (χ4n) is 3.88. The summed E-state index contributed by atoms with van der Waals surface area (Å²) in [6, 6.07) is 18.9. The molecule has 2 aromatic carbocycles. The molecule has 0 aliphatic rings. The fraction of sp³-hybridized carbons (Fsp3) is 0.292. The third-order valence-electron chi connectivity index (χ3n) is 5.42. The molecule has 5 nitrogen and oxygen atoms in total. The monoisotopic (exact) mass is 418 g/mol. The summed E-state index contributed by atoms with van der Waals surface area (Å²) in [5, 5.41) is 12.7. The lowest BCUT2D eigenvalue weighted by Gasteiger charge is -2.16. The summed E-state index contributed by atoms with van der Waals surface area (Å²) in [6.45, 7) is 9.37. The first-order valence-electron chi connectivity index (χ1n) is 10.5. The molecule has 0 aliphatic heterocycles. The van der Waals surface area contributed by atoms with Crippen molar-refractivity contribution < 1.29 is 4.57 Å². The number of azo groups is 1.